The monoisotopic (exact) mass is 283 g/mol. The van der Waals surface area contributed by atoms with E-state index in [9.17, 15) is 9.59 Å². The number of rotatable bonds is 4. The second-order valence-corrected chi connectivity index (χ2v) is 4.76. The number of H-pyrrole nitrogens is 1. The lowest BCUT2D eigenvalue weighted by Crippen LogP contribution is -2.29. The van der Waals surface area contributed by atoms with Gasteiger partial charge in [-0.3, -0.25) is 4.79 Å². The van der Waals surface area contributed by atoms with Crippen molar-refractivity contribution >= 4 is 27.6 Å². The van der Waals surface area contributed by atoms with Crippen molar-refractivity contribution < 1.29 is 14.6 Å². The smallest absolute Gasteiger partial charge is 0.409 e. The van der Waals surface area contributed by atoms with Crippen LogP contribution in [0.15, 0.2) is 16.2 Å². The first-order chi connectivity index (χ1) is 9.11. The highest BCUT2D eigenvalue weighted by molar-refractivity contribution is 7.17. The van der Waals surface area contributed by atoms with Gasteiger partial charge in [0.25, 0.3) is 5.56 Å². The minimum atomic E-state index is -0.581. The molecule has 0 aliphatic carbocycles. The molecule has 7 nitrogen and oxygen atoms in total. The second kappa shape index (κ2) is 5.81. The zero-order chi connectivity index (χ0) is 13.8. The number of aliphatic hydroxyl groups excluding tert-OH is 1. The summed E-state index contributed by atoms with van der Waals surface area (Å²) in [4.78, 5) is 31.4. The molecule has 0 atom stereocenters. The lowest BCUT2D eigenvalue weighted by atomic mass is 10.4. The molecule has 0 bridgehead atoms. The molecule has 2 N–H and O–H groups in total. The van der Waals surface area contributed by atoms with Gasteiger partial charge in [0, 0.05) is 7.05 Å². The van der Waals surface area contributed by atoms with E-state index in [0.717, 1.165) is 0 Å². The quantitative estimate of drug-likeness (QED) is 0.854. The van der Waals surface area contributed by atoms with Gasteiger partial charge in [-0.25, -0.2) is 9.78 Å². The van der Waals surface area contributed by atoms with Crippen molar-refractivity contribution in [1.29, 1.82) is 0 Å². The van der Waals surface area contributed by atoms with E-state index in [1.807, 2.05) is 0 Å². The Balaban J connectivity index is 2.12. The molecule has 8 heteroatoms. The van der Waals surface area contributed by atoms with Crippen molar-refractivity contribution in [3.8, 4) is 0 Å². The van der Waals surface area contributed by atoms with Crippen molar-refractivity contribution in [3.63, 3.8) is 0 Å². The standard InChI is InChI=1S/C11H13N3O4S/c1-14(11(17)18-4-3-15)6-8-12-7-2-5-19-9(7)10(16)13-8/h2,5,15H,3-4,6H2,1H3,(H,12,13,16). The Kier molecular flexibility index (Phi) is 4.13. The number of amides is 1. The van der Waals surface area contributed by atoms with Crippen LogP contribution in [0.5, 0.6) is 0 Å². The highest BCUT2D eigenvalue weighted by atomic mass is 32.1. The summed E-state index contributed by atoms with van der Waals surface area (Å²) in [5.41, 5.74) is 0.396. The van der Waals surface area contributed by atoms with Crippen LogP contribution in [0.3, 0.4) is 0 Å². The SMILES string of the molecule is CN(Cc1nc2ccsc2c(=O)[nH]1)C(=O)OCCO. The van der Waals surface area contributed by atoms with E-state index in [-0.39, 0.29) is 25.3 Å². The van der Waals surface area contributed by atoms with Crippen molar-refractivity contribution in [2.24, 2.45) is 0 Å². The Morgan fingerprint density at radius 2 is 2.42 bits per heavy atom. The van der Waals surface area contributed by atoms with E-state index < -0.39 is 6.09 Å². The summed E-state index contributed by atoms with van der Waals surface area (Å²) in [6.07, 6.45) is -0.581. The van der Waals surface area contributed by atoms with Crippen LogP contribution in [0.1, 0.15) is 5.82 Å². The molecule has 2 aromatic rings. The molecule has 1 amide bonds. The average Bonchev–Trinajstić information content (AvgIpc) is 2.84. The minimum absolute atomic E-state index is 0.0588. The number of aromatic amines is 1. The zero-order valence-electron chi connectivity index (χ0n) is 10.3. The zero-order valence-corrected chi connectivity index (χ0v) is 11.1. The molecule has 0 fully saturated rings. The van der Waals surface area contributed by atoms with E-state index in [0.29, 0.717) is 16.0 Å². The first-order valence-corrected chi connectivity index (χ1v) is 6.45. The maximum absolute atomic E-state index is 11.7. The van der Waals surface area contributed by atoms with Gasteiger partial charge in [0.05, 0.1) is 18.7 Å². The first kappa shape index (κ1) is 13.5. The highest BCUT2D eigenvalue weighted by Crippen LogP contribution is 2.14. The molecular weight excluding hydrogens is 270 g/mol. The molecule has 0 unspecified atom stereocenters. The fourth-order valence-corrected chi connectivity index (χ4v) is 2.25. The molecule has 102 valence electrons. The third kappa shape index (κ3) is 3.09. The molecule has 2 aromatic heterocycles. The van der Waals surface area contributed by atoms with Crippen molar-refractivity contribution in [3.05, 3.63) is 27.6 Å². The number of ether oxygens (including phenoxy) is 1. The number of thiophene rings is 1. The van der Waals surface area contributed by atoms with Gasteiger partial charge in [0.1, 0.15) is 17.1 Å². The molecule has 0 spiro atoms. The van der Waals surface area contributed by atoms with Crippen LogP contribution < -0.4 is 5.56 Å². The lowest BCUT2D eigenvalue weighted by molar-refractivity contribution is 0.0887. The third-order valence-electron chi connectivity index (χ3n) is 2.38. The topological polar surface area (TPSA) is 95.5 Å². The fraction of sp³-hybridized carbons (Fsp3) is 0.364. The largest absolute Gasteiger partial charge is 0.447 e. The Hall–Kier alpha value is -1.93. The molecule has 0 saturated carbocycles. The summed E-state index contributed by atoms with van der Waals surface area (Å²) in [6.45, 7) is -0.155. The molecule has 19 heavy (non-hydrogen) atoms. The van der Waals surface area contributed by atoms with Gasteiger partial charge >= 0.3 is 6.09 Å². The Bertz CT molecular complexity index is 636. The molecule has 0 aliphatic rings. The summed E-state index contributed by atoms with van der Waals surface area (Å²) in [5, 5.41) is 10.4. The number of aromatic nitrogens is 2. The van der Waals surface area contributed by atoms with Crippen molar-refractivity contribution in [1.82, 2.24) is 14.9 Å². The molecular formula is C11H13N3O4S. The van der Waals surface area contributed by atoms with Crippen LogP contribution in [0.2, 0.25) is 0 Å². The Morgan fingerprint density at radius 1 is 1.63 bits per heavy atom. The minimum Gasteiger partial charge on any atom is -0.447 e. The molecule has 2 rings (SSSR count). The van der Waals surface area contributed by atoms with Gasteiger partial charge < -0.3 is 19.7 Å². The summed E-state index contributed by atoms with van der Waals surface area (Å²) >= 11 is 1.32. The number of hydrogen-bond acceptors (Lipinski definition) is 6. The van der Waals surface area contributed by atoms with Gasteiger partial charge in [0.15, 0.2) is 0 Å². The van der Waals surface area contributed by atoms with Crippen LogP contribution in [-0.4, -0.2) is 46.3 Å². The summed E-state index contributed by atoms with van der Waals surface area (Å²) in [7, 11) is 1.53. The highest BCUT2D eigenvalue weighted by Gasteiger charge is 2.13. The van der Waals surface area contributed by atoms with E-state index >= 15 is 0 Å². The summed E-state index contributed by atoms with van der Waals surface area (Å²) in [5.74, 6) is 0.388. The molecule has 0 aliphatic heterocycles. The van der Waals surface area contributed by atoms with Gasteiger partial charge in [-0.1, -0.05) is 0 Å². The van der Waals surface area contributed by atoms with E-state index in [4.69, 9.17) is 9.84 Å². The fourth-order valence-electron chi connectivity index (χ4n) is 1.53. The number of carbonyl (C=O) groups excluding carboxylic acids is 1. The first-order valence-electron chi connectivity index (χ1n) is 5.57. The summed E-state index contributed by atoms with van der Waals surface area (Å²) < 4.78 is 5.31. The number of carbonyl (C=O) groups is 1. The van der Waals surface area contributed by atoms with Crippen LogP contribution in [-0.2, 0) is 11.3 Å². The maximum Gasteiger partial charge on any atom is 0.409 e. The van der Waals surface area contributed by atoms with Gasteiger partial charge in [0.2, 0.25) is 0 Å². The van der Waals surface area contributed by atoms with E-state index in [1.54, 1.807) is 11.4 Å². The van der Waals surface area contributed by atoms with Crippen LogP contribution >= 0.6 is 11.3 Å². The van der Waals surface area contributed by atoms with Crippen LogP contribution in [0.4, 0.5) is 4.79 Å². The molecule has 0 aromatic carbocycles. The third-order valence-corrected chi connectivity index (χ3v) is 3.28. The number of fused-ring (bicyclic) bond motifs is 1. The van der Waals surface area contributed by atoms with Gasteiger partial charge in [-0.2, -0.15) is 0 Å². The van der Waals surface area contributed by atoms with Crippen LogP contribution in [0.25, 0.3) is 10.2 Å². The van der Waals surface area contributed by atoms with Crippen molar-refractivity contribution in [2.45, 2.75) is 6.54 Å². The van der Waals surface area contributed by atoms with Gasteiger partial charge in [-0.05, 0) is 11.4 Å². The van der Waals surface area contributed by atoms with Crippen LogP contribution in [0, 0.1) is 0 Å². The lowest BCUT2D eigenvalue weighted by Gasteiger charge is -2.15. The second-order valence-electron chi connectivity index (χ2n) is 3.84. The number of nitrogens with zero attached hydrogens (tertiary/aromatic N) is 2. The summed E-state index contributed by atoms with van der Waals surface area (Å²) in [6, 6.07) is 1.75. The molecule has 0 saturated heterocycles. The average molecular weight is 283 g/mol. The Morgan fingerprint density at radius 3 is 3.16 bits per heavy atom. The number of nitrogens with one attached hydrogen (secondary N) is 1. The predicted octanol–water partition coefficient (Wildman–Crippen LogP) is 0.545. The Labute approximate surface area is 112 Å². The van der Waals surface area contributed by atoms with Crippen molar-refractivity contribution in [2.75, 3.05) is 20.3 Å². The van der Waals surface area contributed by atoms with E-state index in [1.165, 1.54) is 23.3 Å². The number of hydrogen-bond donors (Lipinski definition) is 2. The van der Waals surface area contributed by atoms with Gasteiger partial charge in [-0.15, -0.1) is 11.3 Å². The predicted molar refractivity (Wildman–Crippen MR) is 70.1 cm³/mol. The van der Waals surface area contributed by atoms with E-state index in [2.05, 4.69) is 9.97 Å². The maximum atomic E-state index is 11.7. The molecule has 0 radical (unpaired) electrons. The molecule has 2 heterocycles. The normalized spacial score (nSPS) is 10.6. The number of aliphatic hydroxyl groups is 1.